The quantitative estimate of drug-likeness (QED) is 0.548. The Morgan fingerprint density at radius 1 is 1.00 bits per heavy atom. The molecule has 5 nitrogen and oxygen atoms in total. The molecule has 0 fully saturated rings. The molecule has 0 aliphatic heterocycles. The fraction of sp³-hybridized carbons (Fsp3) is 0.0625. The minimum atomic E-state index is -4.57. The van der Waals surface area contributed by atoms with Crippen molar-refractivity contribution in [3.05, 3.63) is 53.5 Å². The van der Waals surface area contributed by atoms with E-state index in [1.807, 2.05) is 18.2 Å². The number of para-hydroxylation sites is 2. The number of hydrogen-bond donors (Lipinski definition) is 2. The standard InChI is InChI=1S/C16H10F3N5S/c17-16(18,19)13-8-11(12-6-3-7-25-12)22-15(23-13)24-14-20-9-4-1-2-5-10(9)21-14/h1-8H,(H2,20,21,22,23,24). The topological polar surface area (TPSA) is 66.5 Å². The van der Waals surface area contributed by atoms with Crippen LogP contribution in [0.25, 0.3) is 21.6 Å². The van der Waals surface area contributed by atoms with Crippen LogP contribution in [0.2, 0.25) is 0 Å². The van der Waals surface area contributed by atoms with Crippen LogP contribution in [0.15, 0.2) is 47.8 Å². The largest absolute Gasteiger partial charge is 0.433 e. The van der Waals surface area contributed by atoms with Gasteiger partial charge >= 0.3 is 6.18 Å². The van der Waals surface area contributed by atoms with Crippen molar-refractivity contribution in [2.45, 2.75) is 6.18 Å². The molecule has 3 aromatic heterocycles. The molecule has 0 spiro atoms. The van der Waals surface area contributed by atoms with Crippen molar-refractivity contribution in [2.24, 2.45) is 0 Å². The maximum Gasteiger partial charge on any atom is 0.433 e. The lowest BCUT2D eigenvalue weighted by Crippen LogP contribution is -2.11. The first-order chi connectivity index (χ1) is 12.0. The van der Waals surface area contributed by atoms with Gasteiger partial charge in [0, 0.05) is 0 Å². The third-order valence-electron chi connectivity index (χ3n) is 3.41. The third-order valence-corrected chi connectivity index (χ3v) is 4.30. The van der Waals surface area contributed by atoms with Gasteiger partial charge in [-0.25, -0.2) is 15.0 Å². The number of fused-ring (bicyclic) bond motifs is 1. The summed E-state index contributed by atoms with van der Waals surface area (Å²) in [6.07, 6.45) is -4.57. The van der Waals surface area contributed by atoms with E-state index in [-0.39, 0.29) is 17.6 Å². The van der Waals surface area contributed by atoms with Gasteiger partial charge < -0.3 is 4.98 Å². The van der Waals surface area contributed by atoms with Gasteiger partial charge in [0.15, 0.2) is 5.69 Å². The van der Waals surface area contributed by atoms with Crippen LogP contribution in [0.5, 0.6) is 0 Å². The molecule has 1 aromatic carbocycles. The van der Waals surface area contributed by atoms with E-state index in [0.29, 0.717) is 10.4 Å². The van der Waals surface area contributed by atoms with Crippen LogP contribution in [0.4, 0.5) is 25.1 Å². The molecule has 0 saturated heterocycles. The zero-order valence-corrected chi connectivity index (χ0v) is 13.3. The number of rotatable bonds is 3. The minimum Gasteiger partial charge on any atom is -0.324 e. The molecule has 3 heterocycles. The lowest BCUT2D eigenvalue weighted by molar-refractivity contribution is -0.141. The average Bonchev–Trinajstić information content (AvgIpc) is 3.23. The normalized spacial score (nSPS) is 11.8. The molecule has 0 bridgehead atoms. The molecule has 0 unspecified atom stereocenters. The van der Waals surface area contributed by atoms with Gasteiger partial charge in [-0.05, 0) is 29.6 Å². The van der Waals surface area contributed by atoms with Gasteiger partial charge in [0.05, 0.1) is 21.6 Å². The second-order valence-electron chi connectivity index (χ2n) is 5.16. The molecular formula is C16H10F3N5S. The molecular weight excluding hydrogens is 351 g/mol. The van der Waals surface area contributed by atoms with Crippen LogP contribution in [0, 0.1) is 0 Å². The lowest BCUT2D eigenvalue weighted by atomic mass is 10.3. The first-order valence-electron chi connectivity index (χ1n) is 7.21. The van der Waals surface area contributed by atoms with Gasteiger partial charge in [0.25, 0.3) is 0 Å². The Bertz CT molecular complexity index is 991. The fourth-order valence-electron chi connectivity index (χ4n) is 2.32. The maximum atomic E-state index is 13.2. The molecule has 0 amide bonds. The van der Waals surface area contributed by atoms with Crippen LogP contribution in [-0.4, -0.2) is 19.9 Å². The first kappa shape index (κ1) is 15.6. The Labute approximate surface area is 143 Å². The first-order valence-corrected chi connectivity index (χ1v) is 8.09. The predicted octanol–water partition coefficient (Wildman–Crippen LogP) is 4.84. The summed E-state index contributed by atoms with van der Waals surface area (Å²) in [6.45, 7) is 0. The number of thiophene rings is 1. The SMILES string of the molecule is FC(F)(F)c1cc(-c2cccs2)nc(Nc2nc3ccccc3[nH]2)n1. The number of H-pyrrole nitrogens is 1. The van der Waals surface area contributed by atoms with E-state index in [1.54, 1.807) is 23.6 Å². The van der Waals surface area contributed by atoms with Gasteiger partial charge in [-0.15, -0.1) is 11.3 Å². The van der Waals surface area contributed by atoms with Crippen molar-refractivity contribution in [2.75, 3.05) is 5.32 Å². The van der Waals surface area contributed by atoms with Crippen molar-refractivity contribution in [3.8, 4) is 10.6 Å². The molecule has 4 rings (SSSR count). The Morgan fingerprint density at radius 2 is 1.84 bits per heavy atom. The highest BCUT2D eigenvalue weighted by Crippen LogP contribution is 2.32. The number of hydrogen-bond acceptors (Lipinski definition) is 5. The summed E-state index contributed by atoms with van der Waals surface area (Å²) in [5, 5.41) is 4.50. The van der Waals surface area contributed by atoms with Crippen molar-refractivity contribution in [1.29, 1.82) is 0 Å². The molecule has 0 radical (unpaired) electrons. The van der Waals surface area contributed by atoms with Crippen molar-refractivity contribution in [3.63, 3.8) is 0 Å². The van der Waals surface area contributed by atoms with Crippen LogP contribution >= 0.6 is 11.3 Å². The summed E-state index contributed by atoms with van der Waals surface area (Å²) in [5.74, 6) is 0.106. The van der Waals surface area contributed by atoms with Crippen molar-refractivity contribution < 1.29 is 13.2 Å². The van der Waals surface area contributed by atoms with Crippen molar-refractivity contribution >= 4 is 34.3 Å². The average molecular weight is 361 g/mol. The highest BCUT2D eigenvalue weighted by atomic mass is 32.1. The predicted molar refractivity (Wildman–Crippen MR) is 89.7 cm³/mol. The number of halogens is 3. The van der Waals surface area contributed by atoms with E-state index in [0.717, 1.165) is 11.6 Å². The van der Waals surface area contributed by atoms with E-state index in [1.165, 1.54) is 11.3 Å². The Kier molecular flexibility index (Phi) is 3.65. The number of nitrogens with zero attached hydrogens (tertiary/aromatic N) is 3. The monoisotopic (exact) mass is 361 g/mol. The summed E-state index contributed by atoms with van der Waals surface area (Å²) in [4.78, 5) is 15.6. The van der Waals surface area contributed by atoms with Gasteiger partial charge in [-0.1, -0.05) is 18.2 Å². The molecule has 4 aromatic rings. The highest BCUT2D eigenvalue weighted by molar-refractivity contribution is 7.13. The minimum absolute atomic E-state index is 0.169. The highest BCUT2D eigenvalue weighted by Gasteiger charge is 2.34. The number of anilines is 2. The summed E-state index contributed by atoms with van der Waals surface area (Å²) in [6, 6.07) is 11.7. The molecule has 126 valence electrons. The van der Waals surface area contributed by atoms with Crippen molar-refractivity contribution in [1.82, 2.24) is 19.9 Å². The van der Waals surface area contributed by atoms with Gasteiger partial charge in [0.2, 0.25) is 11.9 Å². The summed E-state index contributed by atoms with van der Waals surface area (Å²) < 4.78 is 39.5. The molecule has 2 N–H and O–H groups in total. The summed E-state index contributed by atoms with van der Waals surface area (Å²) >= 11 is 1.31. The molecule has 0 aliphatic carbocycles. The zero-order chi connectivity index (χ0) is 17.4. The van der Waals surface area contributed by atoms with Crippen LogP contribution in [-0.2, 0) is 6.18 Å². The Hall–Kier alpha value is -2.94. The number of nitrogens with one attached hydrogen (secondary N) is 2. The van der Waals surface area contributed by atoms with Crippen LogP contribution in [0.3, 0.4) is 0 Å². The number of imidazole rings is 1. The number of alkyl halides is 3. The molecule has 0 saturated carbocycles. The Morgan fingerprint density at radius 3 is 2.56 bits per heavy atom. The second kappa shape index (κ2) is 5.85. The van der Waals surface area contributed by atoms with Gasteiger partial charge in [-0.2, -0.15) is 13.2 Å². The van der Waals surface area contributed by atoms with E-state index in [2.05, 4.69) is 25.3 Å². The summed E-state index contributed by atoms with van der Waals surface area (Å²) in [7, 11) is 0. The molecule has 9 heteroatoms. The third kappa shape index (κ3) is 3.18. The Balaban J connectivity index is 1.76. The number of benzene rings is 1. The maximum absolute atomic E-state index is 13.2. The molecule has 25 heavy (non-hydrogen) atoms. The second-order valence-corrected chi connectivity index (χ2v) is 6.11. The molecule has 0 aliphatic rings. The van der Waals surface area contributed by atoms with Crippen LogP contribution < -0.4 is 5.32 Å². The molecule has 0 atom stereocenters. The van der Waals surface area contributed by atoms with E-state index in [9.17, 15) is 13.2 Å². The van der Waals surface area contributed by atoms with E-state index in [4.69, 9.17) is 0 Å². The van der Waals surface area contributed by atoms with E-state index >= 15 is 0 Å². The van der Waals surface area contributed by atoms with Crippen LogP contribution in [0.1, 0.15) is 5.69 Å². The lowest BCUT2D eigenvalue weighted by Gasteiger charge is -2.10. The van der Waals surface area contributed by atoms with Gasteiger partial charge in [0.1, 0.15) is 0 Å². The number of aromatic nitrogens is 4. The summed E-state index contributed by atoms with van der Waals surface area (Å²) in [5.41, 5.74) is 0.645. The number of aromatic amines is 1. The smallest absolute Gasteiger partial charge is 0.324 e. The van der Waals surface area contributed by atoms with E-state index < -0.39 is 11.9 Å². The zero-order valence-electron chi connectivity index (χ0n) is 12.5. The fourth-order valence-corrected chi connectivity index (χ4v) is 3.00. The van der Waals surface area contributed by atoms with Gasteiger partial charge in [-0.3, -0.25) is 5.32 Å².